The van der Waals surface area contributed by atoms with Crippen LogP contribution >= 0.6 is 34.9 Å². The van der Waals surface area contributed by atoms with Gasteiger partial charge in [0.15, 0.2) is 0 Å². The third-order valence-corrected chi connectivity index (χ3v) is 9.26. The number of carboxylic acids is 2. The van der Waals surface area contributed by atoms with Crippen LogP contribution in [0.4, 0.5) is 0 Å². The Bertz CT molecular complexity index is 1180. The van der Waals surface area contributed by atoms with Crippen LogP contribution in [0.25, 0.3) is 0 Å². The molecular formula is C19H21N7O6S3. The molecule has 0 aliphatic carbocycles. The van der Waals surface area contributed by atoms with Crippen molar-refractivity contribution in [2.45, 2.75) is 41.7 Å². The minimum absolute atomic E-state index is 0.0678. The molecule has 2 amide bonds. The van der Waals surface area contributed by atoms with Crippen molar-refractivity contribution < 1.29 is 29.4 Å². The van der Waals surface area contributed by atoms with E-state index in [-0.39, 0.29) is 34.5 Å². The van der Waals surface area contributed by atoms with E-state index in [0.717, 1.165) is 27.1 Å². The number of hydrogen-bond acceptors (Lipinski definition) is 11. The second kappa shape index (κ2) is 10.3. The number of β-lactam (4-membered cyclic amide) rings is 1. The number of tetrazole rings is 1. The number of thiophene rings is 1. The van der Waals surface area contributed by atoms with Gasteiger partial charge in [-0.1, -0.05) is 18.7 Å². The van der Waals surface area contributed by atoms with Crippen molar-refractivity contribution in [3.63, 3.8) is 0 Å². The van der Waals surface area contributed by atoms with Gasteiger partial charge < -0.3 is 21.3 Å². The van der Waals surface area contributed by atoms with E-state index in [1.807, 2.05) is 11.4 Å². The van der Waals surface area contributed by atoms with E-state index in [1.165, 1.54) is 30.0 Å². The summed E-state index contributed by atoms with van der Waals surface area (Å²) in [5.41, 5.74) is 6.54. The topological polar surface area (TPSA) is 204 Å². The average Bonchev–Trinajstić information content (AvgIpc) is 3.51. The minimum Gasteiger partial charge on any atom is -0.481 e. The van der Waals surface area contributed by atoms with E-state index in [1.54, 1.807) is 0 Å². The summed E-state index contributed by atoms with van der Waals surface area (Å²) in [5, 5.41) is 36.1. The highest BCUT2D eigenvalue weighted by molar-refractivity contribution is 8.01. The summed E-state index contributed by atoms with van der Waals surface area (Å²) in [5.74, 6) is -4.26. The Balaban J connectivity index is 1.56. The van der Waals surface area contributed by atoms with Gasteiger partial charge in [0.1, 0.15) is 17.1 Å². The number of aliphatic carboxylic acids is 2. The molecule has 2 aliphatic heterocycles. The Morgan fingerprint density at radius 1 is 1.40 bits per heavy atom. The number of aromatic nitrogens is 4. The molecule has 4 rings (SSSR count). The first kappa shape index (κ1) is 25.2. The van der Waals surface area contributed by atoms with Crippen LogP contribution in [0, 0.1) is 5.92 Å². The number of aromatic amines is 1. The van der Waals surface area contributed by atoms with Crippen LogP contribution < -0.4 is 11.1 Å². The molecule has 0 radical (unpaired) electrons. The molecule has 2 aromatic heterocycles. The maximum absolute atomic E-state index is 13.0. The second-order valence-corrected chi connectivity index (χ2v) is 11.0. The van der Waals surface area contributed by atoms with E-state index in [9.17, 15) is 29.4 Å². The van der Waals surface area contributed by atoms with Crippen LogP contribution in [0.15, 0.2) is 27.9 Å². The quantitative estimate of drug-likeness (QED) is 0.198. The minimum atomic E-state index is -1.35. The number of amides is 2. The Labute approximate surface area is 210 Å². The van der Waals surface area contributed by atoms with Gasteiger partial charge in [-0.2, -0.15) is 0 Å². The molecule has 1 fully saturated rings. The molecule has 2 aromatic rings. The van der Waals surface area contributed by atoms with Crippen LogP contribution in [0.2, 0.25) is 0 Å². The Morgan fingerprint density at radius 2 is 2.17 bits per heavy atom. The van der Waals surface area contributed by atoms with Gasteiger partial charge in [0.05, 0.1) is 12.3 Å². The Morgan fingerprint density at radius 3 is 2.80 bits per heavy atom. The van der Waals surface area contributed by atoms with Crippen molar-refractivity contribution in [2.24, 2.45) is 11.7 Å². The first-order valence-corrected chi connectivity index (χ1v) is 13.1. The largest absolute Gasteiger partial charge is 0.481 e. The SMILES string of the molecule is CC(C(=O)O)C(Sc1nnn[nH]1)C1=C(C(=O)O)N2C(=O)C(NC(=O)Cc3sccc3CN)[C@H]2SC1. The van der Waals surface area contributed by atoms with E-state index < -0.39 is 40.4 Å². The van der Waals surface area contributed by atoms with Gasteiger partial charge >= 0.3 is 11.9 Å². The highest BCUT2D eigenvalue weighted by atomic mass is 32.2. The third kappa shape index (κ3) is 4.91. The number of H-pyrrole nitrogens is 1. The van der Waals surface area contributed by atoms with E-state index in [0.29, 0.717) is 6.54 Å². The number of nitrogens with zero attached hydrogens (tertiary/aromatic N) is 4. The maximum Gasteiger partial charge on any atom is 0.352 e. The lowest BCUT2D eigenvalue weighted by molar-refractivity contribution is -0.150. The summed E-state index contributed by atoms with van der Waals surface area (Å²) in [7, 11) is 0. The van der Waals surface area contributed by atoms with Crippen LogP contribution in [-0.4, -0.2) is 81.9 Å². The fraction of sp³-hybridized carbons (Fsp3) is 0.421. The number of rotatable bonds is 10. The predicted octanol–water partition coefficient (Wildman–Crippen LogP) is -0.117. The second-order valence-electron chi connectivity index (χ2n) is 7.76. The molecule has 1 saturated heterocycles. The molecule has 0 bridgehead atoms. The van der Waals surface area contributed by atoms with Crippen molar-refractivity contribution in [1.29, 1.82) is 0 Å². The monoisotopic (exact) mass is 539 g/mol. The van der Waals surface area contributed by atoms with Crippen LogP contribution in [0.5, 0.6) is 0 Å². The maximum atomic E-state index is 13.0. The molecule has 3 unspecified atom stereocenters. The summed E-state index contributed by atoms with van der Waals surface area (Å²) < 4.78 is 0. The molecular weight excluding hydrogens is 518 g/mol. The molecule has 4 atom stereocenters. The summed E-state index contributed by atoms with van der Waals surface area (Å²) in [6.07, 6.45) is 0.0678. The fourth-order valence-electron chi connectivity index (χ4n) is 3.86. The Kier molecular flexibility index (Phi) is 7.44. The third-order valence-electron chi connectivity index (χ3n) is 5.65. The summed E-state index contributed by atoms with van der Waals surface area (Å²) in [6.45, 7) is 1.75. The van der Waals surface area contributed by atoms with Crippen molar-refractivity contribution in [2.75, 3.05) is 5.75 Å². The zero-order valence-electron chi connectivity index (χ0n) is 18.2. The lowest BCUT2D eigenvalue weighted by Gasteiger charge is -2.50. The van der Waals surface area contributed by atoms with E-state index in [4.69, 9.17) is 5.73 Å². The van der Waals surface area contributed by atoms with Gasteiger partial charge in [-0.15, -0.1) is 28.2 Å². The smallest absolute Gasteiger partial charge is 0.352 e. The van der Waals surface area contributed by atoms with Gasteiger partial charge in [0.2, 0.25) is 11.1 Å². The summed E-state index contributed by atoms with van der Waals surface area (Å²) in [6, 6.07) is 0.957. The zero-order chi connectivity index (χ0) is 25.3. The van der Waals surface area contributed by atoms with E-state index in [2.05, 4.69) is 25.9 Å². The van der Waals surface area contributed by atoms with Crippen molar-refractivity contribution in [1.82, 2.24) is 30.8 Å². The molecule has 16 heteroatoms. The molecule has 6 N–H and O–H groups in total. The molecule has 13 nitrogen and oxygen atoms in total. The number of carboxylic acid groups (broad SMARTS) is 2. The standard InChI is InChI=1S/C19H21N7O6S3/c1-7(17(29)30)14(35-19-22-24-25-23-19)9-6-34-16-12(15(28)26(16)13(9)18(31)32)21-11(27)4-10-8(5-20)2-3-33-10/h2-3,7,12,14,16H,4-6,20H2,1H3,(H,21,27)(H,29,30)(H,31,32)(H,22,23,24,25)/t7?,12?,14?,16-/m1/s1. The number of fused-ring (bicyclic) bond motifs is 1. The zero-order valence-corrected chi connectivity index (χ0v) is 20.7. The average molecular weight is 540 g/mol. The highest BCUT2D eigenvalue weighted by Gasteiger charge is 2.55. The lowest BCUT2D eigenvalue weighted by atomic mass is 9.96. The number of thioether (sulfide) groups is 2. The number of carbonyl (C=O) groups excluding carboxylic acids is 2. The molecule has 4 heterocycles. The Hall–Kier alpha value is -2.95. The first-order chi connectivity index (χ1) is 16.7. The van der Waals surface area contributed by atoms with Crippen LogP contribution in [-0.2, 0) is 32.1 Å². The molecule has 2 aliphatic rings. The fourth-order valence-corrected chi connectivity index (χ4v) is 7.36. The van der Waals surface area contributed by atoms with Crippen LogP contribution in [0.3, 0.4) is 0 Å². The normalized spacial score (nSPS) is 21.2. The van der Waals surface area contributed by atoms with Crippen molar-refractivity contribution in [3.8, 4) is 0 Å². The molecule has 35 heavy (non-hydrogen) atoms. The number of nitrogens with two attached hydrogens (primary N) is 1. The van der Waals surface area contributed by atoms with E-state index >= 15 is 0 Å². The molecule has 0 spiro atoms. The van der Waals surface area contributed by atoms with Crippen LogP contribution in [0.1, 0.15) is 17.4 Å². The lowest BCUT2D eigenvalue weighted by Crippen LogP contribution is -2.71. The van der Waals surface area contributed by atoms with Gasteiger partial charge in [-0.05, 0) is 33.0 Å². The van der Waals surface area contributed by atoms with Gasteiger partial charge in [0, 0.05) is 22.4 Å². The summed E-state index contributed by atoms with van der Waals surface area (Å²) >= 11 is 3.65. The molecule has 186 valence electrons. The highest BCUT2D eigenvalue weighted by Crippen LogP contribution is 2.45. The van der Waals surface area contributed by atoms with Crippen molar-refractivity contribution >= 4 is 58.6 Å². The van der Waals surface area contributed by atoms with Gasteiger partial charge in [-0.3, -0.25) is 19.3 Å². The van der Waals surface area contributed by atoms with Gasteiger partial charge in [-0.25, -0.2) is 9.89 Å². The molecule has 0 saturated carbocycles. The predicted molar refractivity (Wildman–Crippen MR) is 126 cm³/mol. The summed E-state index contributed by atoms with van der Waals surface area (Å²) in [4.78, 5) is 51.5. The number of hydrogen-bond donors (Lipinski definition) is 5. The first-order valence-electron chi connectivity index (χ1n) is 10.3. The van der Waals surface area contributed by atoms with Gasteiger partial charge in [0.25, 0.3) is 5.91 Å². The number of nitrogens with one attached hydrogen (secondary N) is 2. The molecule has 0 aromatic carbocycles. The van der Waals surface area contributed by atoms with Crippen molar-refractivity contribution in [3.05, 3.63) is 33.2 Å². The number of carbonyl (C=O) groups is 4.